The number of ether oxygens (including phenoxy) is 1. The van der Waals surface area contributed by atoms with Crippen molar-refractivity contribution < 1.29 is 14.3 Å². The van der Waals surface area contributed by atoms with Gasteiger partial charge in [-0.2, -0.15) is 0 Å². The van der Waals surface area contributed by atoms with E-state index < -0.39 is 5.97 Å². The second kappa shape index (κ2) is 7.71. The van der Waals surface area contributed by atoms with Crippen LogP contribution in [-0.2, 0) is 22.6 Å². The zero-order valence-electron chi connectivity index (χ0n) is 16.7. The summed E-state index contributed by atoms with van der Waals surface area (Å²) in [6.07, 6.45) is 1.35. The molecule has 0 fully saturated rings. The van der Waals surface area contributed by atoms with Gasteiger partial charge in [0.25, 0.3) is 5.56 Å². The molecule has 0 aliphatic heterocycles. The van der Waals surface area contributed by atoms with Crippen LogP contribution < -0.4 is 5.56 Å². The number of fused-ring (bicyclic) bond motifs is 1. The third kappa shape index (κ3) is 3.52. The summed E-state index contributed by atoms with van der Waals surface area (Å²) in [4.78, 5) is 43.2. The van der Waals surface area contributed by atoms with Crippen molar-refractivity contribution in [3.63, 3.8) is 0 Å². The number of rotatable bonds is 6. The number of Topliss-reactive ketones (excluding diaryl/α,β-unsaturated/α-hetero) is 1. The van der Waals surface area contributed by atoms with Crippen molar-refractivity contribution in [3.8, 4) is 0 Å². The van der Waals surface area contributed by atoms with Crippen LogP contribution in [0.5, 0.6) is 0 Å². The number of hydrogen-bond donors (Lipinski definition) is 0. The van der Waals surface area contributed by atoms with Gasteiger partial charge in [-0.1, -0.05) is 0 Å². The van der Waals surface area contributed by atoms with E-state index in [2.05, 4.69) is 4.98 Å². The molecule has 0 bridgehead atoms. The number of hydrogen-bond acceptors (Lipinski definition) is 6. The van der Waals surface area contributed by atoms with E-state index in [-0.39, 0.29) is 24.5 Å². The second-order valence-corrected chi connectivity index (χ2v) is 7.96. The van der Waals surface area contributed by atoms with Gasteiger partial charge in [0.05, 0.1) is 11.7 Å². The van der Waals surface area contributed by atoms with Crippen LogP contribution >= 0.6 is 11.3 Å². The third-order valence-electron chi connectivity index (χ3n) is 5.01. The van der Waals surface area contributed by atoms with E-state index in [9.17, 15) is 14.4 Å². The van der Waals surface area contributed by atoms with Crippen LogP contribution in [0.15, 0.2) is 17.2 Å². The smallest absolute Gasteiger partial charge is 0.326 e. The zero-order chi connectivity index (χ0) is 20.6. The normalized spacial score (nSPS) is 11.2. The molecule has 0 aliphatic carbocycles. The molecule has 7 nitrogen and oxygen atoms in total. The van der Waals surface area contributed by atoms with Crippen LogP contribution in [0.25, 0.3) is 10.2 Å². The molecule has 0 amide bonds. The Balaban J connectivity index is 1.70. The highest BCUT2D eigenvalue weighted by molar-refractivity contribution is 7.18. The second-order valence-electron chi connectivity index (χ2n) is 6.75. The lowest BCUT2D eigenvalue weighted by molar-refractivity contribution is -0.143. The number of aromatic nitrogens is 3. The van der Waals surface area contributed by atoms with Crippen molar-refractivity contribution in [2.45, 2.75) is 47.7 Å². The minimum absolute atomic E-state index is 0.258. The molecule has 3 aromatic heterocycles. The Kier molecular flexibility index (Phi) is 5.51. The molecule has 3 rings (SSSR count). The molecule has 148 valence electrons. The van der Waals surface area contributed by atoms with Gasteiger partial charge < -0.3 is 9.30 Å². The lowest BCUT2D eigenvalue weighted by atomic mass is 10.1. The van der Waals surface area contributed by atoms with Gasteiger partial charge in [0.1, 0.15) is 11.4 Å². The summed E-state index contributed by atoms with van der Waals surface area (Å²) in [6, 6.07) is 1.80. The van der Waals surface area contributed by atoms with Crippen LogP contribution in [0.4, 0.5) is 0 Å². The summed E-state index contributed by atoms with van der Waals surface area (Å²) in [5, 5.41) is 0.529. The first kappa shape index (κ1) is 20.0. The highest BCUT2D eigenvalue weighted by atomic mass is 32.1. The number of aryl methyl sites for hydroxylation is 3. The molecular weight excluding hydrogens is 378 g/mol. The van der Waals surface area contributed by atoms with Gasteiger partial charge in [-0.05, 0) is 46.2 Å². The molecule has 0 atom stereocenters. The predicted octanol–water partition coefficient (Wildman–Crippen LogP) is 2.94. The summed E-state index contributed by atoms with van der Waals surface area (Å²) in [6.45, 7) is 9.75. The van der Waals surface area contributed by atoms with Crippen molar-refractivity contribution >= 4 is 33.3 Å². The molecule has 0 unspecified atom stereocenters. The van der Waals surface area contributed by atoms with E-state index in [1.165, 1.54) is 22.2 Å². The summed E-state index contributed by atoms with van der Waals surface area (Å²) < 4.78 is 8.37. The van der Waals surface area contributed by atoms with Crippen LogP contribution in [0.3, 0.4) is 0 Å². The van der Waals surface area contributed by atoms with Crippen LogP contribution in [0.1, 0.15) is 39.1 Å². The third-order valence-corrected chi connectivity index (χ3v) is 6.13. The van der Waals surface area contributed by atoms with Crippen LogP contribution in [0, 0.1) is 27.7 Å². The molecule has 0 aliphatic rings. The van der Waals surface area contributed by atoms with Gasteiger partial charge in [0.15, 0.2) is 6.61 Å². The van der Waals surface area contributed by atoms with Crippen molar-refractivity contribution in [2.24, 2.45) is 0 Å². The number of esters is 1. The fraction of sp³-hybridized carbons (Fsp3) is 0.400. The number of carbonyl (C=O) groups excluding carboxylic acids is 2. The molecule has 0 radical (unpaired) electrons. The minimum Gasteiger partial charge on any atom is -0.456 e. The van der Waals surface area contributed by atoms with Crippen molar-refractivity contribution in [1.29, 1.82) is 0 Å². The molecule has 0 spiro atoms. The molecule has 8 heteroatoms. The standard InChI is InChI=1S/C20H23N3O4S/c1-6-23-11(2)7-15(13(23)4)16(24)9-27-17(25)8-22-10-21-19-18(20(22)26)12(3)14(5)28-19/h7,10H,6,8-9H2,1-5H3. The molecule has 0 N–H and O–H groups in total. The highest BCUT2D eigenvalue weighted by Gasteiger charge is 2.18. The Hall–Kier alpha value is -2.74. The summed E-state index contributed by atoms with van der Waals surface area (Å²) in [5.74, 6) is -0.906. The number of thiophene rings is 1. The molecular formula is C20H23N3O4S. The molecule has 0 saturated heterocycles. The number of nitrogens with zero attached hydrogens (tertiary/aromatic N) is 3. The highest BCUT2D eigenvalue weighted by Crippen LogP contribution is 2.25. The molecule has 0 saturated carbocycles. The Morgan fingerprint density at radius 1 is 1.21 bits per heavy atom. The van der Waals surface area contributed by atoms with Gasteiger partial charge in [-0.15, -0.1) is 11.3 Å². The first-order valence-electron chi connectivity index (χ1n) is 9.05. The van der Waals surface area contributed by atoms with E-state index in [1.54, 1.807) is 6.07 Å². The molecule has 0 aromatic carbocycles. The Labute approximate surface area is 166 Å². The van der Waals surface area contributed by atoms with Gasteiger partial charge >= 0.3 is 5.97 Å². The Bertz CT molecular complexity index is 1140. The van der Waals surface area contributed by atoms with Crippen molar-refractivity contribution in [1.82, 2.24) is 14.1 Å². The van der Waals surface area contributed by atoms with Crippen LogP contribution in [-0.4, -0.2) is 32.5 Å². The lowest BCUT2D eigenvalue weighted by Gasteiger charge is -2.07. The number of carbonyl (C=O) groups is 2. The Morgan fingerprint density at radius 2 is 1.93 bits per heavy atom. The van der Waals surface area contributed by atoms with E-state index in [1.807, 2.05) is 39.2 Å². The van der Waals surface area contributed by atoms with Gasteiger partial charge in [0, 0.05) is 28.4 Å². The largest absolute Gasteiger partial charge is 0.456 e. The quantitative estimate of drug-likeness (QED) is 0.468. The topological polar surface area (TPSA) is 83.2 Å². The molecule has 3 heterocycles. The van der Waals surface area contributed by atoms with Crippen LogP contribution in [0.2, 0.25) is 0 Å². The zero-order valence-corrected chi connectivity index (χ0v) is 17.5. The maximum atomic E-state index is 12.6. The van der Waals surface area contributed by atoms with Gasteiger partial charge in [-0.3, -0.25) is 19.0 Å². The maximum Gasteiger partial charge on any atom is 0.326 e. The van der Waals surface area contributed by atoms with Crippen molar-refractivity contribution in [3.05, 3.63) is 50.1 Å². The minimum atomic E-state index is -0.648. The SMILES string of the molecule is CCn1c(C)cc(C(=O)COC(=O)Cn2cnc3sc(C)c(C)c3c2=O)c1C. The summed E-state index contributed by atoms with van der Waals surface area (Å²) in [5.41, 5.74) is 3.00. The van der Waals surface area contributed by atoms with Gasteiger partial charge in [-0.25, -0.2) is 4.98 Å². The maximum absolute atomic E-state index is 12.6. The van der Waals surface area contributed by atoms with E-state index in [0.29, 0.717) is 15.8 Å². The average Bonchev–Trinajstić information content (AvgIpc) is 3.11. The fourth-order valence-corrected chi connectivity index (χ4v) is 4.35. The average molecular weight is 401 g/mol. The van der Waals surface area contributed by atoms with Crippen molar-refractivity contribution in [2.75, 3.05) is 6.61 Å². The molecule has 28 heavy (non-hydrogen) atoms. The monoisotopic (exact) mass is 401 g/mol. The van der Waals surface area contributed by atoms with Gasteiger partial charge in [0.2, 0.25) is 5.78 Å². The summed E-state index contributed by atoms with van der Waals surface area (Å²) in [7, 11) is 0. The molecule has 3 aromatic rings. The predicted molar refractivity (Wildman–Crippen MR) is 108 cm³/mol. The lowest BCUT2D eigenvalue weighted by Crippen LogP contribution is -2.26. The van der Waals surface area contributed by atoms with E-state index in [4.69, 9.17) is 4.74 Å². The van der Waals surface area contributed by atoms with E-state index >= 15 is 0 Å². The van der Waals surface area contributed by atoms with E-state index in [0.717, 1.165) is 28.4 Å². The Morgan fingerprint density at radius 3 is 2.57 bits per heavy atom. The first-order chi connectivity index (χ1) is 13.2. The summed E-state index contributed by atoms with van der Waals surface area (Å²) >= 11 is 1.45. The number of ketones is 1. The fourth-order valence-electron chi connectivity index (χ4n) is 3.36. The first-order valence-corrected chi connectivity index (χ1v) is 9.86.